The molecule has 0 aliphatic carbocycles. The molecule has 0 saturated heterocycles. The van der Waals surface area contributed by atoms with Crippen molar-refractivity contribution in [2.24, 2.45) is 0 Å². The Hall–Kier alpha value is -0.210. The van der Waals surface area contributed by atoms with Crippen LogP contribution in [-0.4, -0.2) is 73.8 Å². The zero-order valence-electron chi connectivity index (χ0n) is 10.4. The maximum atomic E-state index is 10.00. The summed E-state index contributed by atoms with van der Waals surface area (Å²) in [4.78, 5) is 0. The zero-order valence-corrected chi connectivity index (χ0v) is 11.2. The van der Waals surface area contributed by atoms with E-state index in [-0.39, 0.29) is 6.61 Å². The van der Waals surface area contributed by atoms with Gasteiger partial charge >= 0.3 is 0 Å². The SMILES string of the molecule is CCC(O)CS(=O)(=O)O.C[N+](C)(C)CCO. The molecule has 0 rings (SSSR count). The van der Waals surface area contributed by atoms with Crippen LogP contribution in [0.3, 0.4) is 0 Å². The molecular formula is C9H24NO5S+. The largest absolute Gasteiger partial charge is 0.392 e. The van der Waals surface area contributed by atoms with Gasteiger partial charge in [-0.25, -0.2) is 0 Å². The molecule has 7 heteroatoms. The van der Waals surface area contributed by atoms with E-state index < -0.39 is 22.0 Å². The first-order chi connectivity index (χ1) is 7.02. The lowest BCUT2D eigenvalue weighted by Crippen LogP contribution is -2.36. The maximum absolute atomic E-state index is 10.00. The Balaban J connectivity index is 0. The van der Waals surface area contributed by atoms with Gasteiger partial charge in [-0.2, -0.15) is 8.42 Å². The number of quaternary nitrogens is 1. The highest BCUT2D eigenvalue weighted by Crippen LogP contribution is 1.93. The van der Waals surface area contributed by atoms with Crippen LogP contribution in [0.2, 0.25) is 0 Å². The van der Waals surface area contributed by atoms with E-state index in [4.69, 9.17) is 14.8 Å². The molecule has 0 aliphatic heterocycles. The average Bonchev–Trinajstić information content (AvgIpc) is 1.99. The summed E-state index contributed by atoms with van der Waals surface area (Å²) < 4.78 is 29.0. The molecule has 0 fully saturated rings. The van der Waals surface area contributed by atoms with Crippen LogP contribution in [-0.2, 0) is 10.1 Å². The van der Waals surface area contributed by atoms with E-state index >= 15 is 0 Å². The summed E-state index contributed by atoms with van der Waals surface area (Å²) in [5.74, 6) is -0.566. The molecule has 0 aliphatic rings. The lowest BCUT2D eigenvalue weighted by atomic mass is 10.3. The predicted molar refractivity (Wildman–Crippen MR) is 62.7 cm³/mol. The van der Waals surface area contributed by atoms with Crippen molar-refractivity contribution in [3.63, 3.8) is 0 Å². The molecule has 0 aromatic carbocycles. The molecule has 0 bridgehead atoms. The molecule has 3 N–H and O–H groups in total. The molecule has 0 heterocycles. The third kappa shape index (κ3) is 19.4. The third-order valence-electron chi connectivity index (χ3n) is 1.65. The van der Waals surface area contributed by atoms with E-state index in [1.54, 1.807) is 6.92 Å². The minimum atomic E-state index is -3.99. The number of aliphatic hydroxyl groups is 2. The van der Waals surface area contributed by atoms with E-state index in [1.165, 1.54) is 0 Å². The second kappa shape index (κ2) is 7.97. The summed E-state index contributed by atoms with van der Waals surface area (Å²) in [6, 6.07) is 0. The van der Waals surface area contributed by atoms with Gasteiger partial charge in [0.15, 0.2) is 0 Å². The van der Waals surface area contributed by atoms with Gasteiger partial charge in [-0.1, -0.05) is 6.92 Å². The molecule has 0 saturated carbocycles. The summed E-state index contributed by atoms with van der Waals surface area (Å²) in [6.45, 7) is 2.75. The second-order valence-corrected chi connectivity index (χ2v) is 6.05. The van der Waals surface area contributed by atoms with Gasteiger partial charge in [0, 0.05) is 0 Å². The van der Waals surface area contributed by atoms with Gasteiger partial charge in [-0.15, -0.1) is 0 Å². The van der Waals surface area contributed by atoms with Gasteiger partial charge in [0.1, 0.15) is 12.3 Å². The van der Waals surface area contributed by atoms with Crippen molar-refractivity contribution in [1.29, 1.82) is 0 Å². The van der Waals surface area contributed by atoms with Crippen LogP contribution in [0, 0.1) is 0 Å². The quantitative estimate of drug-likeness (QED) is 0.449. The molecule has 0 amide bonds. The second-order valence-electron chi connectivity index (χ2n) is 4.55. The average molecular weight is 258 g/mol. The molecule has 1 unspecified atom stereocenters. The van der Waals surface area contributed by atoms with Gasteiger partial charge < -0.3 is 14.7 Å². The van der Waals surface area contributed by atoms with Crippen molar-refractivity contribution >= 4 is 10.1 Å². The number of likely N-dealkylation sites (N-methyl/N-ethyl adjacent to an activating group) is 1. The summed E-state index contributed by atoms with van der Waals surface area (Å²) >= 11 is 0. The first-order valence-electron chi connectivity index (χ1n) is 5.06. The Morgan fingerprint density at radius 3 is 1.75 bits per heavy atom. The minimum absolute atomic E-state index is 0.281. The highest BCUT2D eigenvalue weighted by molar-refractivity contribution is 7.85. The number of aliphatic hydroxyl groups excluding tert-OH is 2. The summed E-state index contributed by atoms with van der Waals surface area (Å²) in [6.07, 6.45) is -0.611. The predicted octanol–water partition coefficient (Wildman–Crippen LogP) is -0.670. The zero-order chi connectivity index (χ0) is 13.4. The van der Waals surface area contributed by atoms with E-state index in [0.717, 1.165) is 11.0 Å². The lowest BCUT2D eigenvalue weighted by Gasteiger charge is -2.21. The fourth-order valence-corrected chi connectivity index (χ4v) is 1.38. The Morgan fingerprint density at radius 2 is 1.69 bits per heavy atom. The van der Waals surface area contributed by atoms with Crippen molar-refractivity contribution in [1.82, 2.24) is 0 Å². The van der Waals surface area contributed by atoms with Crippen molar-refractivity contribution in [2.75, 3.05) is 40.0 Å². The van der Waals surface area contributed by atoms with Crippen LogP contribution in [0.15, 0.2) is 0 Å². The van der Waals surface area contributed by atoms with Gasteiger partial charge in [0.2, 0.25) is 0 Å². The highest BCUT2D eigenvalue weighted by atomic mass is 32.2. The maximum Gasteiger partial charge on any atom is 0.267 e. The number of hydrogen-bond donors (Lipinski definition) is 3. The smallest absolute Gasteiger partial charge is 0.267 e. The van der Waals surface area contributed by atoms with E-state index in [2.05, 4.69) is 21.1 Å². The lowest BCUT2D eigenvalue weighted by molar-refractivity contribution is -0.870. The first-order valence-corrected chi connectivity index (χ1v) is 6.67. The molecule has 0 aromatic heterocycles. The Labute approximate surface area is 97.9 Å². The van der Waals surface area contributed by atoms with Crippen molar-refractivity contribution in [3.8, 4) is 0 Å². The highest BCUT2D eigenvalue weighted by Gasteiger charge is 2.10. The van der Waals surface area contributed by atoms with Crippen LogP contribution in [0.25, 0.3) is 0 Å². The molecule has 0 spiro atoms. The van der Waals surface area contributed by atoms with Crippen LogP contribution in [0.1, 0.15) is 13.3 Å². The van der Waals surface area contributed by atoms with Crippen LogP contribution < -0.4 is 0 Å². The van der Waals surface area contributed by atoms with Crippen molar-refractivity contribution < 1.29 is 27.7 Å². The van der Waals surface area contributed by atoms with Crippen molar-refractivity contribution in [3.05, 3.63) is 0 Å². The van der Waals surface area contributed by atoms with Crippen LogP contribution in [0.5, 0.6) is 0 Å². The molecule has 16 heavy (non-hydrogen) atoms. The Morgan fingerprint density at radius 1 is 1.25 bits per heavy atom. The number of nitrogens with zero attached hydrogens (tertiary/aromatic N) is 1. The summed E-state index contributed by atoms with van der Waals surface area (Å²) in [5, 5.41) is 17.0. The molecule has 0 aromatic rings. The van der Waals surface area contributed by atoms with Crippen LogP contribution in [0.4, 0.5) is 0 Å². The van der Waals surface area contributed by atoms with Gasteiger partial charge in [-0.3, -0.25) is 4.55 Å². The first kappa shape index (κ1) is 18.2. The van der Waals surface area contributed by atoms with Crippen molar-refractivity contribution in [2.45, 2.75) is 19.4 Å². The molecule has 6 nitrogen and oxygen atoms in total. The Bertz CT molecular complexity index is 258. The normalized spacial score (nSPS) is 13.9. The third-order valence-corrected chi connectivity index (χ3v) is 2.45. The fourth-order valence-electron chi connectivity index (χ4n) is 0.661. The van der Waals surface area contributed by atoms with Gasteiger partial charge in [0.05, 0.1) is 33.9 Å². The molecular weight excluding hydrogens is 234 g/mol. The molecule has 1 atom stereocenters. The van der Waals surface area contributed by atoms with Crippen LogP contribution >= 0.6 is 0 Å². The van der Waals surface area contributed by atoms with E-state index in [9.17, 15) is 8.42 Å². The summed E-state index contributed by atoms with van der Waals surface area (Å²) in [5.41, 5.74) is 0. The molecule has 100 valence electrons. The molecule has 0 radical (unpaired) electrons. The standard InChI is InChI=1S/C5H14NO.C4H10O4S/c1-6(2,3)4-5-7;1-2-4(5)3-9(6,7)8/h7H,4-5H2,1-3H3;4-5H,2-3H2,1H3,(H,6,7,8)/q+1;. The Kier molecular flexibility index (Phi) is 9.04. The fraction of sp³-hybridized carbons (Fsp3) is 1.00. The van der Waals surface area contributed by atoms with Gasteiger partial charge in [-0.05, 0) is 6.42 Å². The van der Waals surface area contributed by atoms with E-state index in [1.807, 2.05) is 0 Å². The monoisotopic (exact) mass is 258 g/mol. The van der Waals surface area contributed by atoms with Gasteiger partial charge in [0.25, 0.3) is 10.1 Å². The minimum Gasteiger partial charge on any atom is -0.392 e. The van der Waals surface area contributed by atoms with E-state index in [0.29, 0.717) is 6.42 Å². The topological polar surface area (TPSA) is 94.8 Å². The summed E-state index contributed by atoms with van der Waals surface area (Å²) in [7, 11) is 2.17. The number of hydrogen-bond acceptors (Lipinski definition) is 4. The number of rotatable bonds is 5.